The molecule has 0 spiro atoms. The van der Waals surface area contributed by atoms with Gasteiger partial charge in [0.15, 0.2) is 0 Å². The lowest BCUT2D eigenvalue weighted by atomic mass is 9.94. The zero-order valence-electron chi connectivity index (χ0n) is 17.5. The number of aliphatic hydroxyl groups excluding tert-OH is 1. The summed E-state index contributed by atoms with van der Waals surface area (Å²) in [6, 6.07) is 32.7. The van der Waals surface area contributed by atoms with E-state index in [0.29, 0.717) is 0 Å². The largest absolute Gasteiger partial charge is 0.424 e. The van der Waals surface area contributed by atoms with E-state index in [1.165, 1.54) is 5.56 Å². The third kappa shape index (κ3) is 3.50. The van der Waals surface area contributed by atoms with Crippen LogP contribution in [-0.4, -0.2) is 18.2 Å². The van der Waals surface area contributed by atoms with Crippen LogP contribution in [0.1, 0.15) is 25.0 Å². The second-order valence-electron chi connectivity index (χ2n) is 8.59. The number of hydrogen-bond acceptors (Lipinski definition) is 2. The van der Waals surface area contributed by atoms with E-state index in [1.807, 2.05) is 48.5 Å². The fraction of sp³-hybridized carbons (Fsp3) is 0.185. The molecule has 0 aromatic heterocycles. The Labute approximate surface area is 179 Å². The maximum atomic E-state index is 12.4. The Morgan fingerprint density at radius 1 is 0.633 bits per heavy atom. The lowest BCUT2D eigenvalue weighted by Crippen LogP contribution is -2.65. The van der Waals surface area contributed by atoms with Crippen molar-refractivity contribution in [3.05, 3.63) is 108 Å². The standard InChI is InChI=1S/C27H28O2Si/c1-27(2,19-21-11-9-18-26-22(20-28)12-10-17-25(21)26)30(29,23-13-5-3-6-14-23)24-15-7-4-8-16-24/h3-18,28-29H,19-20H2,1-2H3. The first-order chi connectivity index (χ1) is 14.5. The van der Waals surface area contributed by atoms with Crippen LogP contribution >= 0.6 is 0 Å². The third-order valence-electron chi connectivity index (χ3n) is 6.27. The van der Waals surface area contributed by atoms with Gasteiger partial charge in [0, 0.05) is 0 Å². The predicted octanol–water partition coefficient (Wildman–Crippen LogP) is 4.41. The number of benzene rings is 4. The van der Waals surface area contributed by atoms with Gasteiger partial charge < -0.3 is 9.90 Å². The fourth-order valence-electron chi connectivity index (χ4n) is 4.64. The predicted molar refractivity (Wildman–Crippen MR) is 128 cm³/mol. The van der Waals surface area contributed by atoms with Gasteiger partial charge >= 0.3 is 0 Å². The average Bonchev–Trinajstić information content (AvgIpc) is 2.79. The number of rotatable bonds is 6. The summed E-state index contributed by atoms with van der Waals surface area (Å²) >= 11 is 0. The Hall–Kier alpha value is -2.72. The van der Waals surface area contributed by atoms with Gasteiger partial charge in [-0.3, -0.25) is 0 Å². The van der Waals surface area contributed by atoms with Crippen LogP contribution in [0.2, 0.25) is 5.04 Å². The minimum absolute atomic E-state index is 0.0247. The molecule has 2 N–H and O–H groups in total. The molecule has 0 aliphatic heterocycles. The molecule has 0 fully saturated rings. The van der Waals surface area contributed by atoms with E-state index in [0.717, 1.165) is 33.1 Å². The van der Waals surface area contributed by atoms with Crippen LogP contribution in [0.15, 0.2) is 97.1 Å². The van der Waals surface area contributed by atoms with Crippen LogP contribution in [0.5, 0.6) is 0 Å². The van der Waals surface area contributed by atoms with Crippen molar-refractivity contribution in [2.45, 2.75) is 31.9 Å². The molecule has 0 unspecified atom stereocenters. The minimum Gasteiger partial charge on any atom is -0.424 e. The summed E-state index contributed by atoms with van der Waals surface area (Å²) in [5.41, 5.74) is 2.14. The maximum Gasteiger partial charge on any atom is 0.258 e. The van der Waals surface area contributed by atoms with Crippen molar-refractivity contribution in [1.82, 2.24) is 0 Å². The van der Waals surface area contributed by atoms with Gasteiger partial charge in [-0.15, -0.1) is 0 Å². The van der Waals surface area contributed by atoms with Crippen molar-refractivity contribution in [3.8, 4) is 0 Å². The molecule has 3 heteroatoms. The second kappa shape index (κ2) is 8.19. The molecule has 0 radical (unpaired) electrons. The van der Waals surface area contributed by atoms with E-state index in [2.05, 4.69) is 62.4 Å². The van der Waals surface area contributed by atoms with Crippen molar-refractivity contribution in [3.63, 3.8) is 0 Å². The fourth-order valence-corrected chi connectivity index (χ4v) is 8.34. The Kier molecular flexibility index (Phi) is 5.61. The topological polar surface area (TPSA) is 40.5 Å². The summed E-state index contributed by atoms with van der Waals surface area (Å²) in [7, 11) is -3.07. The first kappa shape index (κ1) is 20.5. The third-order valence-corrected chi connectivity index (χ3v) is 10.7. The summed E-state index contributed by atoms with van der Waals surface area (Å²) in [5.74, 6) is 0. The van der Waals surface area contributed by atoms with Gasteiger partial charge in [0.2, 0.25) is 0 Å². The number of fused-ring (bicyclic) bond motifs is 1. The van der Waals surface area contributed by atoms with E-state index in [-0.39, 0.29) is 11.6 Å². The molecule has 0 saturated carbocycles. The highest BCUT2D eigenvalue weighted by Crippen LogP contribution is 2.40. The highest BCUT2D eigenvalue weighted by atomic mass is 28.4. The molecule has 4 aromatic rings. The molecule has 152 valence electrons. The van der Waals surface area contributed by atoms with E-state index >= 15 is 0 Å². The first-order valence-corrected chi connectivity index (χ1v) is 12.4. The van der Waals surface area contributed by atoms with Crippen LogP contribution in [0.25, 0.3) is 10.8 Å². The molecule has 0 atom stereocenters. The van der Waals surface area contributed by atoms with E-state index in [4.69, 9.17) is 0 Å². The molecule has 0 bridgehead atoms. The maximum absolute atomic E-state index is 12.4. The SMILES string of the molecule is CC(C)(Cc1cccc2c(CO)cccc12)[Si](O)(c1ccccc1)c1ccccc1. The van der Waals surface area contributed by atoms with Gasteiger partial charge in [-0.2, -0.15) is 0 Å². The summed E-state index contributed by atoms with van der Waals surface area (Å²) in [5, 5.41) is 13.7. The lowest BCUT2D eigenvalue weighted by molar-refractivity contribution is 0.283. The molecule has 4 aromatic carbocycles. The van der Waals surface area contributed by atoms with Crippen molar-refractivity contribution in [2.24, 2.45) is 0 Å². The van der Waals surface area contributed by atoms with Crippen molar-refractivity contribution >= 4 is 29.5 Å². The Morgan fingerprint density at radius 2 is 1.10 bits per heavy atom. The van der Waals surface area contributed by atoms with Crippen molar-refractivity contribution in [2.75, 3.05) is 0 Å². The van der Waals surface area contributed by atoms with E-state index in [9.17, 15) is 9.90 Å². The highest BCUT2D eigenvalue weighted by Gasteiger charge is 2.49. The zero-order chi connectivity index (χ0) is 21.2. The summed E-state index contributed by atoms with van der Waals surface area (Å²) in [4.78, 5) is 12.4. The zero-order valence-corrected chi connectivity index (χ0v) is 18.5. The quantitative estimate of drug-likeness (QED) is 0.461. The monoisotopic (exact) mass is 412 g/mol. The molecule has 2 nitrogen and oxygen atoms in total. The normalized spacial score (nSPS) is 12.3. The molecular weight excluding hydrogens is 384 g/mol. The van der Waals surface area contributed by atoms with Gasteiger partial charge in [0.25, 0.3) is 8.32 Å². The number of aliphatic hydroxyl groups is 1. The summed E-state index contributed by atoms with van der Waals surface area (Å²) in [6.07, 6.45) is 0.742. The molecule has 0 heterocycles. The van der Waals surface area contributed by atoms with Crippen LogP contribution in [0.4, 0.5) is 0 Å². The van der Waals surface area contributed by atoms with Crippen LogP contribution in [0.3, 0.4) is 0 Å². The van der Waals surface area contributed by atoms with Crippen LogP contribution < -0.4 is 10.4 Å². The van der Waals surface area contributed by atoms with Gasteiger partial charge in [-0.1, -0.05) is 111 Å². The van der Waals surface area contributed by atoms with E-state index < -0.39 is 8.32 Å². The number of hydrogen-bond donors (Lipinski definition) is 2. The first-order valence-electron chi connectivity index (χ1n) is 10.4. The Morgan fingerprint density at radius 3 is 1.60 bits per heavy atom. The molecule has 0 amide bonds. The molecule has 0 saturated heterocycles. The van der Waals surface area contributed by atoms with Gasteiger partial charge in [-0.25, -0.2) is 0 Å². The molecular formula is C27H28O2Si. The highest BCUT2D eigenvalue weighted by molar-refractivity contribution is 6.98. The lowest BCUT2D eigenvalue weighted by Gasteiger charge is -2.41. The molecule has 0 aliphatic carbocycles. The second-order valence-corrected chi connectivity index (χ2v) is 12.5. The Balaban J connectivity index is 1.86. The molecule has 4 rings (SSSR count). The average molecular weight is 413 g/mol. The minimum atomic E-state index is -3.07. The smallest absolute Gasteiger partial charge is 0.258 e. The van der Waals surface area contributed by atoms with Gasteiger partial charge in [0.05, 0.1) is 6.61 Å². The van der Waals surface area contributed by atoms with Crippen LogP contribution in [-0.2, 0) is 13.0 Å². The van der Waals surface area contributed by atoms with Crippen molar-refractivity contribution < 1.29 is 9.90 Å². The van der Waals surface area contributed by atoms with Gasteiger partial charge in [-0.05, 0) is 43.7 Å². The summed E-state index contributed by atoms with van der Waals surface area (Å²) < 4.78 is 0. The van der Waals surface area contributed by atoms with Crippen molar-refractivity contribution in [1.29, 1.82) is 0 Å². The molecule has 30 heavy (non-hydrogen) atoms. The Bertz CT molecular complexity index is 1100. The van der Waals surface area contributed by atoms with Crippen LogP contribution in [0, 0.1) is 0 Å². The molecule has 0 aliphatic rings. The van der Waals surface area contributed by atoms with E-state index in [1.54, 1.807) is 0 Å². The van der Waals surface area contributed by atoms with Gasteiger partial charge in [0.1, 0.15) is 0 Å². The summed E-state index contributed by atoms with van der Waals surface area (Å²) in [6.45, 7) is 4.40.